The van der Waals surface area contributed by atoms with E-state index in [-0.39, 0.29) is 29.3 Å². The van der Waals surface area contributed by atoms with Gasteiger partial charge in [0.05, 0.1) is 11.3 Å². The number of hydrogen-bond donors (Lipinski definition) is 0. The molecule has 2 aromatic rings. The first kappa shape index (κ1) is 23.1. The van der Waals surface area contributed by atoms with Crippen molar-refractivity contribution in [2.24, 2.45) is 5.92 Å². The molecule has 2 aliphatic heterocycles. The van der Waals surface area contributed by atoms with Gasteiger partial charge in [0, 0.05) is 32.6 Å². The summed E-state index contributed by atoms with van der Waals surface area (Å²) in [4.78, 5) is 42.0. The largest absolute Gasteiger partial charge is 0.342 e. The van der Waals surface area contributed by atoms with Crippen molar-refractivity contribution in [3.63, 3.8) is 0 Å². The highest BCUT2D eigenvalue weighted by molar-refractivity contribution is 5.89. The van der Waals surface area contributed by atoms with Gasteiger partial charge in [-0.2, -0.15) is 0 Å². The molecule has 33 heavy (non-hydrogen) atoms. The number of Topliss-reactive ketones (excluding diaryl/α,β-unsaturated/α-hetero) is 1. The van der Waals surface area contributed by atoms with Crippen LogP contribution in [0.1, 0.15) is 43.7 Å². The molecule has 0 N–H and O–H groups in total. The van der Waals surface area contributed by atoms with Crippen molar-refractivity contribution >= 4 is 17.6 Å². The van der Waals surface area contributed by atoms with E-state index in [1.165, 1.54) is 12.1 Å². The first-order valence-electron chi connectivity index (χ1n) is 11.8. The second kappa shape index (κ2) is 9.86. The maximum absolute atomic E-state index is 13.4. The summed E-state index contributed by atoms with van der Waals surface area (Å²) in [6.45, 7) is 3.61. The fourth-order valence-electron chi connectivity index (χ4n) is 5.26. The van der Waals surface area contributed by atoms with Crippen LogP contribution in [0.3, 0.4) is 0 Å². The van der Waals surface area contributed by atoms with Crippen LogP contribution in [0.5, 0.6) is 0 Å². The van der Waals surface area contributed by atoms with E-state index in [0.29, 0.717) is 58.3 Å². The summed E-state index contributed by atoms with van der Waals surface area (Å²) < 4.78 is 13.4. The lowest BCUT2D eigenvalue weighted by molar-refractivity contribution is -0.145. The number of rotatable bonds is 6. The number of likely N-dealkylation sites (tertiary alicyclic amines) is 2. The van der Waals surface area contributed by atoms with Crippen LogP contribution < -0.4 is 0 Å². The fraction of sp³-hybridized carbons (Fsp3) is 0.444. The van der Waals surface area contributed by atoms with Crippen LogP contribution in [0.4, 0.5) is 4.39 Å². The minimum Gasteiger partial charge on any atom is -0.342 e. The molecular weight excluding hydrogens is 419 g/mol. The predicted molar refractivity (Wildman–Crippen MR) is 124 cm³/mol. The highest BCUT2D eigenvalue weighted by Gasteiger charge is 2.42. The topological polar surface area (TPSA) is 57.7 Å². The van der Waals surface area contributed by atoms with E-state index in [9.17, 15) is 18.8 Å². The molecule has 5 nitrogen and oxygen atoms in total. The summed E-state index contributed by atoms with van der Waals surface area (Å²) in [5, 5.41) is 0. The van der Waals surface area contributed by atoms with Crippen molar-refractivity contribution in [2.45, 2.75) is 44.4 Å². The molecule has 2 amide bonds. The Balaban J connectivity index is 1.37. The molecule has 2 saturated heterocycles. The standard InChI is InChI=1S/C27H31FN2O3/c1-20(31)27(23-7-3-2-4-8-23)13-16-29(17-14-27)26(33)22-10-11-25(32)30(19-22)15-12-21-6-5-9-24(28)18-21/h2-9,18,22H,10-17,19H2,1H3/t22-/m1/s1. The number of carbonyl (C=O) groups excluding carboxylic acids is 3. The predicted octanol–water partition coefficient (Wildman–Crippen LogP) is 3.76. The molecule has 0 unspecified atom stereocenters. The Kier molecular flexibility index (Phi) is 6.91. The number of ketones is 1. The number of benzene rings is 2. The first-order valence-corrected chi connectivity index (χ1v) is 11.8. The highest BCUT2D eigenvalue weighted by atomic mass is 19.1. The number of hydrogen-bond acceptors (Lipinski definition) is 3. The zero-order valence-electron chi connectivity index (χ0n) is 19.1. The number of halogens is 1. The molecular formula is C27H31FN2O3. The van der Waals surface area contributed by atoms with Crippen LogP contribution in [-0.2, 0) is 26.2 Å². The van der Waals surface area contributed by atoms with Crippen molar-refractivity contribution in [3.05, 3.63) is 71.5 Å². The summed E-state index contributed by atoms with van der Waals surface area (Å²) in [5.74, 6) is -0.241. The van der Waals surface area contributed by atoms with Crippen molar-refractivity contribution in [1.29, 1.82) is 0 Å². The fourth-order valence-corrected chi connectivity index (χ4v) is 5.26. The van der Waals surface area contributed by atoms with E-state index in [0.717, 1.165) is 11.1 Å². The van der Waals surface area contributed by atoms with E-state index in [1.807, 2.05) is 41.3 Å². The Bertz CT molecular complexity index is 1020. The molecule has 0 radical (unpaired) electrons. The molecule has 174 valence electrons. The molecule has 0 spiro atoms. The van der Waals surface area contributed by atoms with E-state index in [4.69, 9.17) is 0 Å². The summed E-state index contributed by atoms with van der Waals surface area (Å²) in [6, 6.07) is 16.3. The van der Waals surface area contributed by atoms with Crippen molar-refractivity contribution in [2.75, 3.05) is 26.2 Å². The average Bonchev–Trinajstić information content (AvgIpc) is 2.83. The quantitative estimate of drug-likeness (QED) is 0.674. The van der Waals surface area contributed by atoms with E-state index in [2.05, 4.69) is 0 Å². The lowest BCUT2D eigenvalue weighted by Crippen LogP contribution is -2.52. The third-order valence-electron chi connectivity index (χ3n) is 7.34. The van der Waals surface area contributed by atoms with Gasteiger partial charge in [-0.05, 0) is 55.9 Å². The molecule has 2 aliphatic rings. The van der Waals surface area contributed by atoms with Crippen LogP contribution in [0.25, 0.3) is 0 Å². The average molecular weight is 451 g/mol. The molecule has 0 aromatic heterocycles. The molecule has 6 heteroatoms. The zero-order chi connectivity index (χ0) is 23.4. The molecule has 0 bridgehead atoms. The van der Waals surface area contributed by atoms with Gasteiger partial charge in [0.25, 0.3) is 0 Å². The summed E-state index contributed by atoms with van der Waals surface area (Å²) in [7, 11) is 0. The molecule has 4 rings (SSSR count). The maximum Gasteiger partial charge on any atom is 0.227 e. The van der Waals surface area contributed by atoms with Gasteiger partial charge in [-0.3, -0.25) is 14.4 Å². The number of nitrogens with zero attached hydrogens (tertiary/aromatic N) is 2. The lowest BCUT2D eigenvalue weighted by Gasteiger charge is -2.42. The van der Waals surface area contributed by atoms with E-state index in [1.54, 1.807) is 17.9 Å². The Morgan fingerprint density at radius 1 is 1.06 bits per heavy atom. The third kappa shape index (κ3) is 5.00. The van der Waals surface area contributed by atoms with E-state index < -0.39 is 5.41 Å². The second-order valence-corrected chi connectivity index (χ2v) is 9.28. The summed E-state index contributed by atoms with van der Waals surface area (Å²) >= 11 is 0. The van der Waals surface area contributed by atoms with Crippen molar-refractivity contribution in [1.82, 2.24) is 9.80 Å². The monoisotopic (exact) mass is 450 g/mol. The van der Waals surface area contributed by atoms with Gasteiger partial charge in [-0.1, -0.05) is 42.5 Å². The summed E-state index contributed by atoms with van der Waals surface area (Å²) in [5.41, 5.74) is 1.34. The van der Waals surface area contributed by atoms with Gasteiger partial charge >= 0.3 is 0 Å². The minimum absolute atomic E-state index is 0.0498. The Morgan fingerprint density at radius 2 is 1.79 bits per heavy atom. The van der Waals surface area contributed by atoms with Gasteiger partial charge in [0.15, 0.2) is 0 Å². The van der Waals surface area contributed by atoms with Crippen molar-refractivity contribution in [3.8, 4) is 0 Å². The minimum atomic E-state index is -0.530. The van der Waals surface area contributed by atoms with Gasteiger partial charge in [-0.25, -0.2) is 4.39 Å². The molecule has 0 saturated carbocycles. The van der Waals surface area contributed by atoms with Gasteiger partial charge < -0.3 is 9.80 Å². The number of carbonyl (C=O) groups is 3. The normalized spacial score (nSPS) is 20.5. The smallest absolute Gasteiger partial charge is 0.227 e. The zero-order valence-corrected chi connectivity index (χ0v) is 19.1. The molecule has 2 fully saturated rings. The molecule has 2 aromatic carbocycles. The van der Waals surface area contributed by atoms with Crippen LogP contribution in [-0.4, -0.2) is 53.6 Å². The lowest BCUT2D eigenvalue weighted by atomic mass is 9.70. The number of amides is 2. The van der Waals surface area contributed by atoms with Crippen LogP contribution >= 0.6 is 0 Å². The Morgan fingerprint density at radius 3 is 2.45 bits per heavy atom. The first-order chi connectivity index (χ1) is 15.9. The molecule has 2 heterocycles. The molecule has 0 aliphatic carbocycles. The van der Waals surface area contributed by atoms with Crippen LogP contribution in [0.2, 0.25) is 0 Å². The van der Waals surface area contributed by atoms with Gasteiger partial charge in [-0.15, -0.1) is 0 Å². The molecule has 1 atom stereocenters. The SMILES string of the molecule is CC(=O)C1(c2ccccc2)CCN(C(=O)[C@@H]2CCC(=O)N(CCc3cccc(F)c3)C2)CC1. The van der Waals surface area contributed by atoms with Crippen LogP contribution in [0, 0.1) is 11.7 Å². The van der Waals surface area contributed by atoms with Crippen LogP contribution in [0.15, 0.2) is 54.6 Å². The van der Waals surface area contributed by atoms with Gasteiger partial charge in [0.1, 0.15) is 11.6 Å². The Hall–Kier alpha value is -3.02. The second-order valence-electron chi connectivity index (χ2n) is 9.28. The van der Waals surface area contributed by atoms with E-state index >= 15 is 0 Å². The number of piperidine rings is 2. The summed E-state index contributed by atoms with van der Waals surface area (Å²) in [6.07, 6.45) is 2.71. The Labute approximate surface area is 194 Å². The van der Waals surface area contributed by atoms with Crippen molar-refractivity contribution < 1.29 is 18.8 Å². The van der Waals surface area contributed by atoms with Gasteiger partial charge in [0.2, 0.25) is 11.8 Å². The maximum atomic E-state index is 13.4. The third-order valence-corrected chi connectivity index (χ3v) is 7.34. The highest BCUT2D eigenvalue weighted by Crippen LogP contribution is 2.37.